The van der Waals surface area contributed by atoms with Crippen molar-refractivity contribution >= 4 is 28.8 Å². The number of thiocarbonyl (C=S) groups is 1. The second kappa shape index (κ2) is 4.79. The first kappa shape index (κ1) is 13.6. The molecule has 0 aliphatic carbocycles. The van der Waals surface area contributed by atoms with E-state index in [0.29, 0.717) is 11.3 Å². The van der Waals surface area contributed by atoms with Gasteiger partial charge in [0.25, 0.3) is 0 Å². The number of rotatable bonds is 3. The number of amides is 1. The van der Waals surface area contributed by atoms with Gasteiger partial charge in [0.05, 0.1) is 10.4 Å². The first-order chi connectivity index (χ1) is 7.75. The third-order valence-corrected chi connectivity index (χ3v) is 3.13. The van der Waals surface area contributed by atoms with Crippen LogP contribution >= 0.6 is 12.2 Å². The van der Waals surface area contributed by atoms with Gasteiger partial charge in [0.1, 0.15) is 5.82 Å². The van der Waals surface area contributed by atoms with Crippen LogP contribution in [-0.4, -0.2) is 10.9 Å². The van der Waals surface area contributed by atoms with Gasteiger partial charge in [-0.1, -0.05) is 12.2 Å². The predicted octanol–water partition coefficient (Wildman–Crippen LogP) is 2.38. The minimum Gasteiger partial charge on any atom is -0.392 e. The molecular weight excluding hydrogens is 239 g/mol. The van der Waals surface area contributed by atoms with Crippen LogP contribution in [0.25, 0.3) is 0 Å². The van der Waals surface area contributed by atoms with E-state index in [0.717, 1.165) is 0 Å². The van der Waals surface area contributed by atoms with Crippen LogP contribution in [0, 0.1) is 18.2 Å². The number of carbonyl (C=O) groups is 1. The van der Waals surface area contributed by atoms with Crippen LogP contribution in [-0.2, 0) is 4.79 Å². The number of carbonyl (C=O) groups excluding carboxylic acids is 1. The average molecular weight is 254 g/mol. The van der Waals surface area contributed by atoms with Gasteiger partial charge in [0.15, 0.2) is 0 Å². The van der Waals surface area contributed by atoms with Gasteiger partial charge in [0, 0.05) is 5.69 Å². The summed E-state index contributed by atoms with van der Waals surface area (Å²) in [7, 11) is 0. The molecule has 0 aliphatic heterocycles. The first-order valence-electron chi connectivity index (χ1n) is 5.12. The predicted molar refractivity (Wildman–Crippen MR) is 70.3 cm³/mol. The number of nitrogens with one attached hydrogen (secondary N) is 1. The van der Waals surface area contributed by atoms with Gasteiger partial charge in [0.2, 0.25) is 5.91 Å². The van der Waals surface area contributed by atoms with Crippen molar-refractivity contribution in [3.05, 3.63) is 29.6 Å². The van der Waals surface area contributed by atoms with Crippen LogP contribution < -0.4 is 11.1 Å². The number of hydrogen-bond donors (Lipinski definition) is 2. The summed E-state index contributed by atoms with van der Waals surface area (Å²) in [6, 6.07) is 4.15. The first-order valence-corrected chi connectivity index (χ1v) is 5.53. The number of benzene rings is 1. The number of halogens is 1. The largest absolute Gasteiger partial charge is 0.392 e. The van der Waals surface area contributed by atoms with E-state index in [1.807, 2.05) is 0 Å². The lowest BCUT2D eigenvalue weighted by Gasteiger charge is -2.22. The van der Waals surface area contributed by atoms with Crippen molar-refractivity contribution in [3.8, 4) is 0 Å². The minimum absolute atomic E-state index is 0.120. The van der Waals surface area contributed by atoms with E-state index in [2.05, 4.69) is 5.32 Å². The van der Waals surface area contributed by atoms with Crippen molar-refractivity contribution in [2.75, 3.05) is 5.32 Å². The monoisotopic (exact) mass is 254 g/mol. The van der Waals surface area contributed by atoms with Gasteiger partial charge in [-0.05, 0) is 44.5 Å². The Hall–Kier alpha value is -1.49. The van der Waals surface area contributed by atoms with Crippen LogP contribution in [0.5, 0.6) is 0 Å². The van der Waals surface area contributed by atoms with Gasteiger partial charge in [-0.3, -0.25) is 4.79 Å². The lowest BCUT2D eigenvalue weighted by molar-refractivity contribution is -0.121. The Kier molecular flexibility index (Phi) is 3.83. The molecule has 92 valence electrons. The van der Waals surface area contributed by atoms with E-state index < -0.39 is 5.41 Å². The number of nitrogens with two attached hydrogens (primary N) is 1. The smallest absolute Gasteiger partial charge is 0.236 e. The Morgan fingerprint density at radius 3 is 2.53 bits per heavy atom. The topological polar surface area (TPSA) is 55.1 Å². The summed E-state index contributed by atoms with van der Waals surface area (Å²) < 4.78 is 12.9. The number of anilines is 1. The second-order valence-corrected chi connectivity index (χ2v) is 4.84. The zero-order valence-corrected chi connectivity index (χ0v) is 10.8. The third-order valence-electron chi connectivity index (χ3n) is 2.62. The molecule has 3 nitrogen and oxygen atoms in total. The van der Waals surface area contributed by atoms with Gasteiger partial charge >= 0.3 is 0 Å². The van der Waals surface area contributed by atoms with E-state index >= 15 is 0 Å². The SMILES string of the molecule is Cc1cc(F)ccc1NC(=O)C(C)(C)C(N)=S. The minimum atomic E-state index is -0.934. The lowest BCUT2D eigenvalue weighted by atomic mass is 9.92. The van der Waals surface area contributed by atoms with E-state index in [1.165, 1.54) is 18.2 Å². The van der Waals surface area contributed by atoms with Crippen LogP contribution in [0.1, 0.15) is 19.4 Å². The molecule has 0 aliphatic rings. The van der Waals surface area contributed by atoms with Crippen LogP contribution in [0.15, 0.2) is 18.2 Å². The average Bonchev–Trinajstić information content (AvgIpc) is 2.21. The van der Waals surface area contributed by atoms with Crippen LogP contribution in [0.2, 0.25) is 0 Å². The Balaban J connectivity index is 2.92. The number of aryl methyl sites for hydroxylation is 1. The van der Waals surface area contributed by atoms with Gasteiger partial charge in [-0.15, -0.1) is 0 Å². The second-order valence-electron chi connectivity index (χ2n) is 4.40. The standard InChI is InChI=1S/C12H15FN2OS/c1-7-6-8(13)4-5-9(7)15-11(16)12(2,3)10(14)17/h4-6H,1-3H3,(H2,14,17)(H,15,16). The normalized spacial score (nSPS) is 11.1. The van der Waals surface area contributed by atoms with E-state index in [9.17, 15) is 9.18 Å². The fourth-order valence-electron chi connectivity index (χ4n) is 1.16. The van der Waals surface area contributed by atoms with E-state index in [-0.39, 0.29) is 16.7 Å². The maximum absolute atomic E-state index is 12.9. The molecule has 0 spiro atoms. The lowest BCUT2D eigenvalue weighted by Crippen LogP contribution is -2.41. The van der Waals surface area contributed by atoms with Crippen molar-refractivity contribution in [1.82, 2.24) is 0 Å². The van der Waals surface area contributed by atoms with Crippen molar-refractivity contribution < 1.29 is 9.18 Å². The number of hydrogen-bond acceptors (Lipinski definition) is 2. The molecule has 0 fully saturated rings. The van der Waals surface area contributed by atoms with Gasteiger partial charge in [-0.25, -0.2) is 4.39 Å². The molecule has 0 unspecified atom stereocenters. The Bertz CT molecular complexity index is 472. The molecule has 0 saturated heterocycles. The molecule has 5 heteroatoms. The van der Waals surface area contributed by atoms with Crippen LogP contribution in [0.3, 0.4) is 0 Å². The summed E-state index contributed by atoms with van der Waals surface area (Å²) >= 11 is 4.83. The molecule has 1 aromatic carbocycles. The van der Waals surface area contributed by atoms with E-state index in [1.54, 1.807) is 20.8 Å². The summed E-state index contributed by atoms with van der Waals surface area (Å²) in [5, 5.41) is 2.69. The molecule has 17 heavy (non-hydrogen) atoms. The fraction of sp³-hybridized carbons (Fsp3) is 0.333. The molecular formula is C12H15FN2OS. The van der Waals surface area contributed by atoms with Crippen molar-refractivity contribution in [1.29, 1.82) is 0 Å². The van der Waals surface area contributed by atoms with Gasteiger partial charge < -0.3 is 11.1 Å². The zero-order valence-electron chi connectivity index (χ0n) is 10.0. The highest BCUT2D eigenvalue weighted by Crippen LogP contribution is 2.21. The Morgan fingerprint density at radius 1 is 1.47 bits per heavy atom. The quantitative estimate of drug-likeness (QED) is 0.814. The molecule has 0 bridgehead atoms. The van der Waals surface area contributed by atoms with Crippen molar-refractivity contribution in [3.63, 3.8) is 0 Å². The summed E-state index contributed by atoms with van der Waals surface area (Å²) in [4.78, 5) is 12.1. The summed E-state index contributed by atoms with van der Waals surface area (Å²) in [5.74, 6) is -0.645. The van der Waals surface area contributed by atoms with Crippen molar-refractivity contribution in [2.45, 2.75) is 20.8 Å². The molecule has 0 radical (unpaired) electrons. The molecule has 0 aromatic heterocycles. The third kappa shape index (κ3) is 3.00. The Labute approximate surface area is 105 Å². The summed E-state index contributed by atoms with van der Waals surface area (Å²) in [6.07, 6.45) is 0. The van der Waals surface area contributed by atoms with Crippen molar-refractivity contribution in [2.24, 2.45) is 11.1 Å². The summed E-state index contributed by atoms with van der Waals surface area (Å²) in [5.41, 5.74) is 5.77. The highest BCUT2D eigenvalue weighted by Gasteiger charge is 2.31. The highest BCUT2D eigenvalue weighted by atomic mass is 32.1. The summed E-state index contributed by atoms with van der Waals surface area (Å²) in [6.45, 7) is 5.00. The Morgan fingerprint density at radius 2 is 2.06 bits per heavy atom. The molecule has 1 aromatic rings. The molecule has 0 saturated carbocycles. The van der Waals surface area contributed by atoms with Gasteiger partial charge in [-0.2, -0.15) is 0 Å². The zero-order chi connectivity index (χ0) is 13.2. The molecule has 3 N–H and O–H groups in total. The maximum Gasteiger partial charge on any atom is 0.236 e. The van der Waals surface area contributed by atoms with Crippen LogP contribution in [0.4, 0.5) is 10.1 Å². The van der Waals surface area contributed by atoms with E-state index in [4.69, 9.17) is 18.0 Å². The molecule has 0 heterocycles. The molecule has 1 rings (SSSR count). The maximum atomic E-state index is 12.9. The molecule has 1 amide bonds. The fourth-order valence-corrected chi connectivity index (χ4v) is 1.25. The highest BCUT2D eigenvalue weighted by molar-refractivity contribution is 7.80. The molecule has 0 atom stereocenters.